The van der Waals surface area contributed by atoms with E-state index in [1.54, 1.807) is 19.4 Å². The Kier molecular flexibility index (Phi) is 9.24. The van der Waals surface area contributed by atoms with Gasteiger partial charge in [-0.2, -0.15) is 4.98 Å². The Morgan fingerprint density at radius 1 is 1.17 bits per heavy atom. The maximum Gasteiger partial charge on any atom is 0.228 e. The molecule has 10 heteroatoms. The number of hydrogen-bond acceptors (Lipinski definition) is 7. The van der Waals surface area contributed by atoms with Crippen LogP contribution in [0.25, 0.3) is 0 Å². The summed E-state index contributed by atoms with van der Waals surface area (Å²) in [6.07, 6.45) is 1.38. The third kappa shape index (κ3) is 7.56. The second kappa shape index (κ2) is 12.5. The molecule has 0 spiro atoms. The lowest BCUT2D eigenvalue weighted by molar-refractivity contribution is -0.120. The van der Waals surface area contributed by atoms with Crippen molar-refractivity contribution in [2.24, 2.45) is 0 Å². The molecule has 3 aromatic rings. The standard InChI is InChI=1S/C31H39F2N5O3/c1-20(39)36-26(15-21-13-24(32)17-25(33)14-21)27(40)18-35-31(23-8-6-7-22(16-23)30(2,3)4)10-12-38(19-31)29-34-11-9-28(37-29)41-5/h6-9,11,13-14,16-17,26-27,35,40H,10,12,15,18-19H2,1-5H3,(H,36,39)/t26-,27+,31?/m0/s1. The summed E-state index contributed by atoms with van der Waals surface area (Å²) in [6.45, 7) is 9.14. The Morgan fingerprint density at radius 3 is 2.56 bits per heavy atom. The quantitative estimate of drug-likeness (QED) is 0.342. The van der Waals surface area contributed by atoms with Gasteiger partial charge in [0.15, 0.2) is 0 Å². The van der Waals surface area contributed by atoms with Crippen molar-refractivity contribution in [1.29, 1.82) is 0 Å². The summed E-state index contributed by atoms with van der Waals surface area (Å²) in [5.41, 5.74) is 1.94. The third-order valence-electron chi connectivity index (χ3n) is 7.54. The third-order valence-corrected chi connectivity index (χ3v) is 7.54. The summed E-state index contributed by atoms with van der Waals surface area (Å²) in [6, 6.07) is 12.6. The van der Waals surface area contributed by atoms with Crippen LogP contribution in [0.3, 0.4) is 0 Å². The van der Waals surface area contributed by atoms with Crippen LogP contribution in [0, 0.1) is 11.6 Å². The summed E-state index contributed by atoms with van der Waals surface area (Å²) < 4.78 is 33.0. The molecule has 0 saturated carbocycles. The average molecular weight is 568 g/mol. The molecule has 1 amide bonds. The van der Waals surface area contributed by atoms with E-state index >= 15 is 0 Å². The lowest BCUT2D eigenvalue weighted by atomic mass is 9.81. The number of carbonyl (C=O) groups excluding carboxylic acids is 1. The van der Waals surface area contributed by atoms with Crippen molar-refractivity contribution in [3.63, 3.8) is 0 Å². The van der Waals surface area contributed by atoms with E-state index in [1.165, 1.54) is 24.6 Å². The molecule has 3 N–H and O–H groups in total. The van der Waals surface area contributed by atoms with Gasteiger partial charge in [0.2, 0.25) is 17.7 Å². The van der Waals surface area contributed by atoms with Gasteiger partial charge in [-0.1, -0.05) is 45.0 Å². The molecule has 0 radical (unpaired) electrons. The van der Waals surface area contributed by atoms with Crippen LogP contribution >= 0.6 is 0 Å². The minimum atomic E-state index is -1.05. The smallest absolute Gasteiger partial charge is 0.228 e. The Hall–Kier alpha value is -3.63. The predicted molar refractivity (Wildman–Crippen MR) is 154 cm³/mol. The zero-order valence-corrected chi connectivity index (χ0v) is 24.2. The second-order valence-corrected chi connectivity index (χ2v) is 11.7. The summed E-state index contributed by atoms with van der Waals surface area (Å²) in [5.74, 6) is -0.751. The summed E-state index contributed by atoms with van der Waals surface area (Å²) >= 11 is 0. The number of carbonyl (C=O) groups is 1. The van der Waals surface area contributed by atoms with E-state index < -0.39 is 29.3 Å². The SMILES string of the molecule is COc1ccnc(N2CCC(NC[C@@H](O)[C@H](Cc3cc(F)cc(F)c3)NC(C)=O)(c3cccc(C(C)(C)C)c3)C2)n1. The number of rotatable bonds is 10. The topological polar surface area (TPSA) is 99.6 Å². The van der Waals surface area contributed by atoms with E-state index in [2.05, 4.69) is 64.5 Å². The van der Waals surface area contributed by atoms with Crippen molar-refractivity contribution in [1.82, 2.24) is 20.6 Å². The number of aliphatic hydroxyl groups is 1. The molecule has 0 bridgehead atoms. The fourth-order valence-electron chi connectivity index (χ4n) is 5.31. The Bertz CT molecular complexity index is 1350. The summed E-state index contributed by atoms with van der Waals surface area (Å²) in [5, 5.41) is 17.7. The predicted octanol–water partition coefficient (Wildman–Crippen LogP) is 3.86. The number of benzene rings is 2. The number of nitrogens with zero attached hydrogens (tertiary/aromatic N) is 3. The van der Waals surface area contributed by atoms with Crippen LogP contribution in [0.1, 0.15) is 50.8 Å². The van der Waals surface area contributed by atoms with E-state index in [0.29, 0.717) is 36.9 Å². The molecule has 4 rings (SSSR count). The first-order chi connectivity index (χ1) is 19.4. The first-order valence-corrected chi connectivity index (χ1v) is 13.8. The van der Waals surface area contributed by atoms with Crippen LogP contribution in [0.15, 0.2) is 54.7 Å². The number of halogens is 2. The second-order valence-electron chi connectivity index (χ2n) is 11.7. The first-order valence-electron chi connectivity index (χ1n) is 13.8. The molecule has 41 heavy (non-hydrogen) atoms. The first kappa shape index (κ1) is 30.3. The number of anilines is 1. The number of hydrogen-bond donors (Lipinski definition) is 3. The molecule has 3 atom stereocenters. The van der Waals surface area contributed by atoms with Gasteiger partial charge >= 0.3 is 0 Å². The lowest BCUT2D eigenvalue weighted by Gasteiger charge is -2.35. The van der Waals surface area contributed by atoms with E-state index in [4.69, 9.17) is 4.74 Å². The number of methoxy groups -OCH3 is 1. The van der Waals surface area contributed by atoms with E-state index in [9.17, 15) is 18.7 Å². The maximum absolute atomic E-state index is 13.8. The molecular weight excluding hydrogens is 528 g/mol. The fraction of sp³-hybridized carbons (Fsp3) is 0.452. The molecule has 220 valence electrons. The van der Waals surface area contributed by atoms with Crippen molar-refractivity contribution in [2.45, 2.75) is 63.6 Å². The zero-order chi connectivity index (χ0) is 29.8. The molecule has 1 saturated heterocycles. The molecule has 1 aliphatic rings. The van der Waals surface area contributed by atoms with Gasteiger partial charge in [-0.3, -0.25) is 4.79 Å². The maximum atomic E-state index is 13.8. The van der Waals surface area contributed by atoms with Crippen molar-refractivity contribution < 1.29 is 23.4 Å². The van der Waals surface area contributed by atoms with Crippen LogP contribution in [0.2, 0.25) is 0 Å². The van der Waals surface area contributed by atoms with Crippen molar-refractivity contribution >= 4 is 11.9 Å². The van der Waals surface area contributed by atoms with Crippen LogP contribution < -0.4 is 20.3 Å². The van der Waals surface area contributed by atoms with Gasteiger partial charge in [0.25, 0.3) is 0 Å². The minimum absolute atomic E-state index is 0.0629. The van der Waals surface area contributed by atoms with Crippen LogP contribution in [-0.4, -0.2) is 59.9 Å². The van der Waals surface area contributed by atoms with Gasteiger partial charge in [-0.05, 0) is 47.1 Å². The molecule has 1 aromatic heterocycles. The van der Waals surface area contributed by atoms with Gasteiger partial charge in [0, 0.05) is 44.9 Å². The molecule has 8 nitrogen and oxygen atoms in total. The molecular formula is C31H39F2N5O3. The highest BCUT2D eigenvalue weighted by atomic mass is 19.1. The van der Waals surface area contributed by atoms with Gasteiger partial charge in [-0.25, -0.2) is 13.8 Å². The highest BCUT2D eigenvalue weighted by Crippen LogP contribution is 2.36. The largest absolute Gasteiger partial charge is 0.481 e. The number of nitrogens with one attached hydrogen (secondary N) is 2. The lowest BCUT2D eigenvalue weighted by Crippen LogP contribution is -2.53. The fourth-order valence-corrected chi connectivity index (χ4v) is 5.31. The van der Waals surface area contributed by atoms with Gasteiger partial charge < -0.3 is 25.4 Å². The summed E-state index contributed by atoms with van der Waals surface area (Å²) in [4.78, 5) is 23.0. The Balaban J connectivity index is 1.61. The highest BCUT2D eigenvalue weighted by molar-refractivity contribution is 5.73. The van der Waals surface area contributed by atoms with Gasteiger partial charge in [0.05, 0.1) is 24.8 Å². The molecule has 2 heterocycles. The van der Waals surface area contributed by atoms with E-state index in [1.807, 2.05) is 6.07 Å². The Labute approximate surface area is 240 Å². The van der Waals surface area contributed by atoms with E-state index in [0.717, 1.165) is 11.6 Å². The Morgan fingerprint density at radius 2 is 1.90 bits per heavy atom. The minimum Gasteiger partial charge on any atom is -0.481 e. The van der Waals surface area contributed by atoms with Gasteiger partial charge in [0.1, 0.15) is 11.6 Å². The number of aliphatic hydroxyl groups excluding tert-OH is 1. The van der Waals surface area contributed by atoms with Crippen LogP contribution in [0.4, 0.5) is 14.7 Å². The number of amides is 1. The van der Waals surface area contributed by atoms with Crippen molar-refractivity contribution in [3.8, 4) is 5.88 Å². The molecule has 1 aliphatic heterocycles. The number of aromatic nitrogens is 2. The normalized spacial score (nSPS) is 18.7. The van der Waals surface area contributed by atoms with Crippen LogP contribution in [-0.2, 0) is 22.2 Å². The molecule has 1 fully saturated rings. The van der Waals surface area contributed by atoms with Crippen LogP contribution in [0.5, 0.6) is 5.88 Å². The van der Waals surface area contributed by atoms with Gasteiger partial charge in [-0.15, -0.1) is 0 Å². The summed E-state index contributed by atoms with van der Waals surface area (Å²) in [7, 11) is 1.56. The zero-order valence-electron chi connectivity index (χ0n) is 24.2. The van der Waals surface area contributed by atoms with Crippen molar-refractivity contribution in [3.05, 3.63) is 83.1 Å². The highest BCUT2D eigenvalue weighted by Gasteiger charge is 2.41. The number of ether oxygens (including phenoxy) is 1. The molecule has 1 unspecified atom stereocenters. The molecule has 2 aromatic carbocycles. The van der Waals surface area contributed by atoms with Crippen molar-refractivity contribution in [2.75, 3.05) is 31.6 Å². The molecule has 0 aliphatic carbocycles. The van der Waals surface area contributed by atoms with E-state index in [-0.39, 0.29) is 24.3 Å². The average Bonchev–Trinajstić information content (AvgIpc) is 3.36. The monoisotopic (exact) mass is 567 g/mol.